The van der Waals surface area contributed by atoms with Gasteiger partial charge in [-0.15, -0.1) is 0 Å². The quantitative estimate of drug-likeness (QED) is 0.519. The first-order chi connectivity index (χ1) is 13.1. The molecular formula is C20H30N4O3. The Morgan fingerprint density at radius 2 is 2.11 bits per heavy atom. The molecule has 0 aliphatic heterocycles. The van der Waals surface area contributed by atoms with Gasteiger partial charge in [-0.1, -0.05) is 6.07 Å². The molecule has 0 unspecified atom stereocenters. The monoisotopic (exact) mass is 374 g/mol. The van der Waals surface area contributed by atoms with Gasteiger partial charge in [0.1, 0.15) is 6.61 Å². The van der Waals surface area contributed by atoms with Gasteiger partial charge in [0.2, 0.25) is 0 Å². The number of aliphatic imine (C=N–C) groups is 1. The molecule has 1 aromatic heterocycles. The molecule has 0 fully saturated rings. The summed E-state index contributed by atoms with van der Waals surface area (Å²) >= 11 is 0. The fourth-order valence-corrected chi connectivity index (χ4v) is 2.70. The largest absolute Gasteiger partial charge is 0.493 e. The van der Waals surface area contributed by atoms with Crippen molar-refractivity contribution in [1.29, 1.82) is 0 Å². The van der Waals surface area contributed by atoms with Crippen molar-refractivity contribution < 1.29 is 14.6 Å². The van der Waals surface area contributed by atoms with E-state index >= 15 is 0 Å². The fourth-order valence-electron chi connectivity index (χ4n) is 2.70. The van der Waals surface area contributed by atoms with E-state index in [0.29, 0.717) is 18.0 Å². The molecule has 7 nitrogen and oxygen atoms in total. The summed E-state index contributed by atoms with van der Waals surface area (Å²) in [6.07, 6.45) is 2.04. The summed E-state index contributed by atoms with van der Waals surface area (Å²) in [5.74, 6) is 2.10. The molecule has 1 heterocycles. The molecule has 0 aliphatic rings. The molecule has 148 valence electrons. The fraction of sp³-hybridized carbons (Fsp3) is 0.450. The van der Waals surface area contributed by atoms with E-state index in [1.807, 2.05) is 44.6 Å². The number of aryl methyl sites for hydroxylation is 1. The third kappa shape index (κ3) is 5.92. The first-order valence-electron chi connectivity index (χ1n) is 9.09. The van der Waals surface area contributed by atoms with Crippen molar-refractivity contribution in [3.8, 4) is 11.5 Å². The predicted molar refractivity (Wildman–Crippen MR) is 107 cm³/mol. The van der Waals surface area contributed by atoms with Crippen molar-refractivity contribution in [2.75, 3.05) is 33.9 Å². The molecule has 0 saturated heterocycles. The molecule has 1 aromatic carbocycles. The molecule has 0 radical (unpaired) electrons. The van der Waals surface area contributed by atoms with Crippen molar-refractivity contribution >= 4 is 5.96 Å². The lowest BCUT2D eigenvalue weighted by molar-refractivity contribution is 0.196. The highest BCUT2D eigenvalue weighted by molar-refractivity contribution is 5.79. The number of hydrogen-bond acceptors (Lipinski definition) is 4. The van der Waals surface area contributed by atoms with E-state index in [9.17, 15) is 0 Å². The Kier molecular flexibility index (Phi) is 8.00. The van der Waals surface area contributed by atoms with E-state index in [4.69, 9.17) is 19.6 Å². The number of aromatic nitrogens is 1. The number of rotatable bonds is 9. The van der Waals surface area contributed by atoms with Gasteiger partial charge in [-0.3, -0.25) is 0 Å². The molecule has 0 bridgehead atoms. The summed E-state index contributed by atoms with van der Waals surface area (Å²) in [5, 5.41) is 12.2. The summed E-state index contributed by atoms with van der Waals surface area (Å²) in [4.78, 5) is 6.85. The van der Waals surface area contributed by atoms with E-state index in [0.717, 1.165) is 24.6 Å². The first-order valence-corrected chi connectivity index (χ1v) is 9.09. The van der Waals surface area contributed by atoms with Crippen molar-refractivity contribution in [3.05, 3.63) is 47.8 Å². The van der Waals surface area contributed by atoms with Crippen LogP contribution in [0.3, 0.4) is 0 Å². The number of guanidine groups is 1. The summed E-state index contributed by atoms with van der Waals surface area (Å²) in [6, 6.07) is 9.87. The Hall–Kier alpha value is -2.67. The predicted octanol–water partition coefficient (Wildman–Crippen LogP) is 2.00. The van der Waals surface area contributed by atoms with Gasteiger partial charge in [-0.2, -0.15) is 0 Å². The zero-order valence-electron chi connectivity index (χ0n) is 16.6. The maximum Gasteiger partial charge on any atom is 0.194 e. The Labute approximate surface area is 161 Å². The van der Waals surface area contributed by atoms with Crippen LogP contribution in [0.25, 0.3) is 0 Å². The second-order valence-electron chi connectivity index (χ2n) is 6.19. The van der Waals surface area contributed by atoms with Crippen molar-refractivity contribution in [1.82, 2.24) is 14.8 Å². The molecule has 0 aliphatic carbocycles. The molecule has 27 heavy (non-hydrogen) atoms. The smallest absolute Gasteiger partial charge is 0.194 e. The van der Waals surface area contributed by atoms with Crippen molar-refractivity contribution in [2.45, 2.75) is 20.0 Å². The number of aliphatic hydroxyl groups excluding tert-OH is 1. The van der Waals surface area contributed by atoms with Crippen LogP contribution < -0.4 is 14.8 Å². The second kappa shape index (κ2) is 10.5. The van der Waals surface area contributed by atoms with E-state index in [1.54, 1.807) is 7.11 Å². The first kappa shape index (κ1) is 20.6. The van der Waals surface area contributed by atoms with Crippen LogP contribution in [0.1, 0.15) is 18.2 Å². The maximum atomic E-state index is 8.91. The Bertz CT molecular complexity index is 743. The van der Waals surface area contributed by atoms with Gasteiger partial charge >= 0.3 is 0 Å². The van der Waals surface area contributed by atoms with E-state index in [2.05, 4.69) is 27.8 Å². The SMILES string of the molecule is CCNC(=NCc1ccc(OCCO)c(OC)c1)N(C)Cc1cccn1C. The molecular weight excluding hydrogens is 344 g/mol. The highest BCUT2D eigenvalue weighted by Crippen LogP contribution is 2.28. The van der Waals surface area contributed by atoms with Crippen LogP contribution in [0.4, 0.5) is 0 Å². The number of nitrogens with zero attached hydrogens (tertiary/aromatic N) is 3. The molecule has 0 saturated carbocycles. The van der Waals surface area contributed by atoms with Gasteiger partial charge in [-0.25, -0.2) is 4.99 Å². The van der Waals surface area contributed by atoms with Gasteiger partial charge in [0.15, 0.2) is 17.5 Å². The van der Waals surface area contributed by atoms with Crippen LogP contribution in [0.5, 0.6) is 11.5 Å². The maximum absolute atomic E-state index is 8.91. The lowest BCUT2D eigenvalue weighted by Gasteiger charge is -2.22. The molecule has 0 atom stereocenters. The summed E-state index contributed by atoms with van der Waals surface area (Å²) in [7, 11) is 5.67. The number of methoxy groups -OCH3 is 1. The number of nitrogens with one attached hydrogen (secondary N) is 1. The Morgan fingerprint density at radius 3 is 2.74 bits per heavy atom. The molecule has 0 spiro atoms. The summed E-state index contributed by atoms with van der Waals surface area (Å²) in [5.41, 5.74) is 2.24. The second-order valence-corrected chi connectivity index (χ2v) is 6.19. The molecule has 2 aromatic rings. The molecule has 7 heteroatoms. The normalized spacial score (nSPS) is 11.4. The summed E-state index contributed by atoms with van der Waals surface area (Å²) in [6.45, 7) is 4.36. The van der Waals surface area contributed by atoms with E-state index < -0.39 is 0 Å². The number of ether oxygens (including phenoxy) is 2. The van der Waals surface area contributed by atoms with E-state index in [1.165, 1.54) is 5.69 Å². The third-order valence-corrected chi connectivity index (χ3v) is 4.14. The summed E-state index contributed by atoms with van der Waals surface area (Å²) < 4.78 is 13.0. The van der Waals surface area contributed by atoms with Gasteiger partial charge < -0.3 is 29.4 Å². The Balaban J connectivity index is 2.10. The Morgan fingerprint density at radius 1 is 1.30 bits per heavy atom. The minimum Gasteiger partial charge on any atom is -0.493 e. The van der Waals surface area contributed by atoms with Crippen LogP contribution in [0.2, 0.25) is 0 Å². The highest BCUT2D eigenvalue weighted by Gasteiger charge is 2.09. The van der Waals surface area contributed by atoms with E-state index in [-0.39, 0.29) is 13.2 Å². The standard InChI is InChI=1S/C20H30N4O3/c1-5-21-20(24(3)15-17-7-6-10-23(17)2)22-14-16-8-9-18(27-12-11-25)19(13-16)26-4/h6-10,13,25H,5,11-12,14-15H2,1-4H3,(H,21,22). The molecule has 2 N–H and O–H groups in total. The van der Waals surface area contributed by atoms with Crippen LogP contribution in [-0.2, 0) is 20.1 Å². The lowest BCUT2D eigenvalue weighted by atomic mass is 10.2. The minimum atomic E-state index is -0.0330. The zero-order valence-corrected chi connectivity index (χ0v) is 16.6. The third-order valence-electron chi connectivity index (χ3n) is 4.14. The minimum absolute atomic E-state index is 0.0330. The van der Waals surface area contributed by atoms with Crippen LogP contribution >= 0.6 is 0 Å². The molecule has 2 rings (SSSR count). The topological polar surface area (TPSA) is 71.2 Å². The van der Waals surface area contributed by atoms with Crippen LogP contribution in [-0.4, -0.2) is 54.4 Å². The van der Waals surface area contributed by atoms with Crippen molar-refractivity contribution in [2.24, 2.45) is 12.0 Å². The average Bonchev–Trinajstić information content (AvgIpc) is 3.08. The average molecular weight is 374 g/mol. The van der Waals surface area contributed by atoms with Crippen molar-refractivity contribution in [3.63, 3.8) is 0 Å². The number of aliphatic hydroxyl groups is 1. The van der Waals surface area contributed by atoms with Crippen LogP contribution in [0.15, 0.2) is 41.5 Å². The van der Waals surface area contributed by atoms with Crippen LogP contribution in [0, 0.1) is 0 Å². The van der Waals surface area contributed by atoms with Gasteiger partial charge in [0, 0.05) is 32.5 Å². The van der Waals surface area contributed by atoms with Gasteiger partial charge in [0.05, 0.1) is 26.8 Å². The zero-order chi connectivity index (χ0) is 19.6. The number of hydrogen-bond donors (Lipinski definition) is 2. The highest BCUT2D eigenvalue weighted by atomic mass is 16.5. The molecule has 0 amide bonds. The lowest BCUT2D eigenvalue weighted by Crippen LogP contribution is -2.38. The van der Waals surface area contributed by atoms with Gasteiger partial charge in [0.25, 0.3) is 0 Å². The van der Waals surface area contributed by atoms with Gasteiger partial charge in [-0.05, 0) is 36.8 Å². The number of benzene rings is 1.